The lowest BCUT2D eigenvalue weighted by molar-refractivity contribution is -0.154. The van der Waals surface area contributed by atoms with Gasteiger partial charge in [0.05, 0.1) is 24.5 Å². The van der Waals surface area contributed by atoms with E-state index in [1.807, 2.05) is 50.2 Å². The van der Waals surface area contributed by atoms with Crippen LogP contribution in [0.2, 0.25) is 0 Å². The Morgan fingerprint density at radius 2 is 1.88 bits per heavy atom. The lowest BCUT2D eigenvalue weighted by atomic mass is 10.1. The van der Waals surface area contributed by atoms with Crippen LogP contribution < -0.4 is 4.74 Å². The average Bonchev–Trinajstić information content (AvgIpc) is 3.13. The van der Waals surface area contributed by atoms with E-state index in [1.165, 1.54) is 0 Å². The highest BCUT2D eigenvalue weighted by molar-refractivity contribution is 5.78. The van der Waals surface area contributed by atoms with Crippen molar-refractivity contribution in [3.8, 4) is 17.1 Å². The van der Waals surface area contributed by atoms with E-state index in [1.54, 1.807) is 6.07 Å². The third-order valence-electron chi connectivity index (χ3n) is 4.93. The van der Waals surface area contributed by atoms with Gasteiger partial charge in [-0.2, -0.15) is 0 Å². The maximum atomic E-state index is 11.0. The molecule has 2 aliphatic rings. The van der Waals surface area contributed by atoms with Crippen molar-refractivity contribution in [2.45, 2.75) is 44.7 Å². The van der Waals surface area contributed by atoms with Gasteiger partial charge in [-0.1, -0.05) is 24.3 Å². The highest BCUT2D eigenvalue weighted by atomic mass is 16.8. The molecule has 3 atom stereocenters. The Bertz CT molecular complexity index is 788. The highest BCUT2D eigenvalue weighted by Crippen LogP contribution is 2.40. The molecule has 0 spiro atoms. The van der Waals surface area contributed by atoms with E-state index in [2.05, 4.69) is 4.98 Å². The Morgan fingerprint density at radius 3 is 2.62 bits per heavy atom. The number of pyridine rings is 1. The first-order valence-corrected chi connectivity index (χ1v) is 9.03. The summed E-state index contributed by atoms with van der Waals surface area (Å²) in [7, 11) is 0. The number of fused-ring (bicyclic) bond motifs is 1. The molecule has 5 heteroatoms. The summed E-state index contributed by atoms with van der Waals surface area (Å²) in [5, 5.41) is 0. The van der Waals surface area contributed by atoms with Crippen LogP contribution in [0, 0.1) is 5.92 Å². The van der Waals surface area contributed by atoms with Crippen LogP contribution in [0.1, 0.15) is 37.0 Å². The Hall–Kier alpha value is -2.24. The van der Waals surface area contributed by atoms with Gasteiger partial charge >= 0.3 is 0 Å². The highest BCUT2D eigenvalue weighted by Gasteiger charge is 2.47. The van der Waals surface area contributed by atoms with Gasteiger partial charge in [0.25, 0.3) is 0 Å². The first-order valence-electron chi connectivity index (χ1n) is 9.03. The van der Waals surface area contributed by atoms with Crippen molar-refractivity contribution >= 4 is 6.29 Å². The summed E-state index contributed by atoms with van der Waals surface area (Å²) in [4.78, 5) is 15.5. The number of carbonyl (C=O) groups excluding carboxylic acids is 1. The lowest BCUT2D eigenvalue weighted by Gasteiger charge is -2.20. The van der Waals surface area contributed by atoms with Gasteiger partial charge in [0, 0.05) is 17.2 Å². The molecular formula is C21H23NO4. The molecule has 26 heavy (non-hydrogen) atoms. The molecule has 1 saturated carbocycles. The van der Waals surface area contributed by atoms with E-state index in [0.717, 1.165) is 30.4 Å². The molecule has 5 nitrogen and oxygen atoms in total. The van der Waals surface area contributed by atoms with Crippen LogP contribution in [0.25, 0.3) is 11.3 Å². The molecular weight excluding hydrogens is 330 g/mol. The fourth-order valence-corrected chi connectivity index (χ4v) is 3.83. The summed E-state index contributed by atoms with van der Waals surface area (Å²) in [6, 6.07) is 13.1. The standard InChI is InChI=1S/C21H23NO4/c1-21(2)25-18-10-15(11-19(18)26-21)13-24-20-8-4-7-17(22-20)16-6-3-5-14(9-16)12-23/h3-9,12,15,18-19H,10-11,13H2,1-2H3/t15-,18+,19-. The molecule has 2 heterocycles. The van der Waals surface area contributed by atoms with E-state index < -0.39 is 5.79 Å². The number of rotatable bonds is 5. The number of ether oxygens (including phenoxy) is 3. The summed E-state index contributed by atoms with van der Waals surface area (Å²) in [5.74, 6) is 0.538. The first-order chi connectivity index (χ1) is 12.5. The van der Waals surface area contributed by atoms with Gasteiger partial charge in [-0.15, -0.1) is 0 Å². The van der Waals surface area contributed by atoms with Crippen LogP contribution in [0.3, 0.4) is 0 Å². The molecule has 4 rings (SSSR count). The second kappa shape index (κ2) is 6.82. The van der Waals surface area contributed by atoms with Crippen LogP contribution in [-0.2, 0) is 9.47 Å². The number of aldehydes is 1. The van der Waals surface area contributed by atoms with Crippen LogP contribution >= 0.6 is 0 Å². The fourth-order valence-electron chi connectivity index (χ4n) is 3.83. The zero-order valence-electron chi connectivity index (χ0n) is 15.1. The number of hydrogen-bond donors (Lipinski definition) is 0. The van der Waals surface area contributed by atoms with Gasteiger partial charge in [-0.25, -0.2) is 4.98 Å². The molecule has 2 aromatic rings. The number of aromatic nitrogens is 1. The summed E-state index contributed by atoms with van der Waals surface area (Å²) in [5.41, 5.74) is 2.33. The minimum atomic E-state index is -0.465. The maximum absolute atomic E-state index is 11.0. The third kappa shape index (κ3) is 3.64. The van der Waals surface area contributed by atoms with E-state index >= 15 is 0 Å². The molecule has 1 aliphatic carbocycles. The van der Waals surface area contributed by atoms with Crippen LogP contribution in [0.5, 0.6) is 5.88 Å². The lowest BCUT2D eigenvalue weighted by Crippen LogP contribution is -2.24. The average molecular weight is 353 g/mol. The number of carbonyl (C=O) groups is 1. The molecule has 0 radical (unpaired) electrons. The smallest absolute Gasteiger partial charge is 0.213 e. The summed E-state index contributed by atoms with van der Waals surface area (Å²) in [6.45, 7) is 4.53. The topological polar surface area (TPSA) is 57.7 Å². The normalized spacial score (nSPS) is 26.5. The summed E-state index contributed by atoms with van der Waals surface area (Å²) in [6.07, 6.45) is 3.09. The number of hydrogen-bond acceptors (Lipinski definition) is 5. The van der Waals surface area contributed by atoms with Crippen LogP contribution in [0.15, 0.2) is 42.5 Å². The third-order valence-corrected chi connectivity index (χ3v) is 4.93. The van der Waals surface area contributed by atoms with Gasteiger partial charge in [0.1, 0.15) is 6.29 Å². The predicted octanol–water partition coefficient (Wildman–Crippen LogP) is 3.87. The molecule has 0 N–H and O–H groups in total. The van der Waals surface area contributed by atoms with Gasteiger partial charge < -0.3 is 14.2 Å². The van der Waals surface area contributed by atoms with Crippen molar-refractivity contribution in [1.29, 1.82) is 0 Å². The molecule has 1 aromatic heterocycles. The molecule has 1 saturated heterocycles. The fraction of sp³-hybridized carbons (Fsp3) is 0.429. The van der Waals surface area contributed by atoms with E-state index in [9.17, 15) is 4.79 Å². The Kier molecular flexibility index (Phi) is 4.51. The van der Waals surface area contributed by atoms with E-state index in [0.29, 0.717) is 24.0 Å². The van der Waals surface area contributed by atoms with Crippen molar-refractivity contribution in [2.75, 3.05) is 6.61 Å². The summed E-state index contributed by atoms with van der Waals surface area (Å²) < 4.78 is 17.8. The van der Waals surface area contributed by atoms with Crippen molar-refractivity contribution in [2.24, 2.45) is 5.92 Å². The van der Waals surface area contributed by atoms with E-state index in [4.69, 9.17) is 14.2 Å². The van der Waals surface area contributed by atoms with Gasteiger partial charge in [-0.05, 0) is 44.7 Å². The second-order valence-electron chi connectivity index (χ2n) is 7.47. The van der Waals surface area contributed by atoms with Crippen molar-refractivity contribution < 1.29 is 19.0 Å². The number of benzene rings is 1. The molecule has 136 valence electrons. The molecule has 0 bridgehead atoms. The minimum absolute atomic E-state index is 0.170. The Balaban J connectivity index is 1.38. The molecule has 1 aliphatic heterocycles. The van der Waals surface area contributed by atoms with Crippen LogP contribution in [0.4, 0.5) is 0 Å². The zero-order valence-corrected chi connectivity index (χ0v) is 15.1. The van der Waals surface area contributed by atoms with Gasteiger partial charge in [0.2, 0.25) is 5.88 Å². The largest absolute Gasteiger partial charge is 0.477 e. The van der Waals surface area contributed by atoms with Crippen molar-refractivity contribution in [3.05, 3.63) is 48.0 Å². The number of nitrogens with zero attached hydrogens (tertiary/aromatic N) is 1. The van der Waals surface area contributed by atoms with Gasteiger partial charge in [0.15, 0.2) is 5.79 Å². The SMILES string of the molecule is CC1(C)O[C@H]2C[C@@H](COc3cccc(-c4cccc(C=O)c4)n3)C[C@H]2O1. The zero-order chi connectivity index (χ0) is 18.1. The molecule has 1 aromatic carbocycles. The van der Waals surface area contributed by atoms with Crippen molar-refractivity contribution in [1.82, 2.24) is 4.98 Å². The molecule has 0 amide bonds. The predicted molar refractivity (Wildman–Crippen MR) is 97.1 cm³/mol. The van der Waals surface area contributed by atoms with Crippen LogP contribution in [-0.4, -0.2) is 35.9 Å². The second-order valence-corrected chi connectivity index (χ2v) is 7.47. The first kappa shape index (κ1) is 17.2. The Morgan fingerprint density at radius 1 is 1.15 bits per heavy atom. The minimum Gasteiger partial charge on any atom is -0.477 e. The monoisotopic (exact) mass is 353 g/mol. The van der Waals surface area contributed by atoms with Crippen molar-refractivity contribution in [3.63, 3.8) is 0 Å². The van der Waals surface area contributed by atoms with Gasteiger partial charge in [-0.3, -0.25) is 4.79 Å². The molecule has 2 fully saturated rings. The quantitative estimate of drug-likeness (QED) is 0.764. The van der Waals surface area contributed by atoms with E-state index in [-0.39, 0.29) is 12.2 Å². The maximum Gasteiger partial charge on any atom is 0.213 e. The molecule has 0 unspecified atom stereocenters. The summed E-state index contributed by atoms with van der Waals surface area (Å²) >= 11 is 0. The Labute approximate surface area is 153 Å².